The van der Waals surface area contributed by atoms with Crippen LogP contribution in [-0.4, -0.2) is 94.0 Å². The molecule has 0 radical (unpaired) electrons. The Morgan fingerprint density at radius 3 is 2.45 bits per heavy atom. The van der Waals surface area contributed by atoms with E-state index in [1.165, 1.54) is 16.5 Å². The van der Waals surface area contributed by atoms with Gasteiger partial charge in [-0.15, -0.1) is 0 Å². The zero-order valence-electron chi connectivity index (χ0n) is 33.0. The van der Waals surface area contributed by atoms with Crippen molar-refractivity contribution in [1.29, 1.82) is 0 Å². The third-order valence-corrected chi connectivity index (χ3v) is 11.2. The minimum atomic E-state index is -0.773. The first-order valence-electron chi connectivity index (χ1n) is 19.8. The number of carbonyl (C=O) groups is 4. The number of benzene rings is 2. The second-order valence-electron chi connectivity index (χ2n) is 15.3. The third-order valence-electron chi connectivity index (χ3n) is 11.2. The lowest BCUT2D eigenvalue weighted by Gasteiger charge is -2.34. The van der Waals surface area contributed by atoms with Gasteiger partial charge in [0.25, 0.3) is 5.91 Å². The molecule has 3 aliphatic heterocycles. The maximum Gasteiger partial charge on any atom is 0.269 e. The lowest BCUT2D eigenvalue weighted by Crippen LogP contribution is -2.40. The highest BCUT2D eigenvalue weighted by Gasteiger charge is 2.32. The molecule has 6 heterocycles. The van der Waals surface area contributed by atoms with Crippen molar-refractivity contribution < 1.29 is 28.0 Å². The predicted octanol–water partition coefficient (Wildman–Crippen LogP) is 6.65. The Bertz CT molecular complexity index is 2330. The highest BCUT2D eigenvalue weighted by molar-refractivity contribution is 6.04. The van der Waals surface area contributed by atoms with E-state index in [9.17, 15) is 19.2 Å². The van der Waals surface area contributed by atoms with Crippen LogP contribution in [0.2, 0.25) is 0 Å². The first-order chi connectivity index (χ1) is 28.0. The molecule has 302 valence electrons. The Kier molecular flexibility index (Phi) is 12.1. The molecule has 12 nitrogen and oxygen atoms in total. The average Bonchev–Trinajstić information content (AvgIpc) is 3.93. The molecule has 5 aromatic rings. The smallest absolute Gasteiger partial charge is 0.269 e. The number of H-pyrrole nitrogens is 1. The van der Waals surface area contributed by atoms with Crippen molar-refractivity contribution in [1.82, 2.24) is 34.9 Å². The molecule has 2 aromatic carbocycles. The van der Waals surface area contributed by atoms with E-state index in [1.807, 2.05) is 41.2 Å². The van der Waals surface area contributed by atoms with Crippen LogP contribution in [0.1, 0.15) is 84.6 Å². The van der Waals surface area contributed by atoms with Crippen LogP contribution in [0.25, 0.3) is 27.6 Å². The second-order valence-corrected chi connectivity index (χ2v) is 15.3. The van der Waals surface area contributed by atoms with Gasteiger partial charge in [0, 0.05) is 82.6 Å². The van der Waals surface area contributed by atoms with Gasteiger partial charge in [-0.05, 0) is 78.5 Å². The van der Waals surface area contributed by atoms with Gasteiger partial charge in [0.15, 0.2) is 5.82 Å². The Hall–Kier alpha value is -6.18. The van der Waals surface area contributed by atoms with Gasteiger partial charge >= 0.3 is 0 Å². The molecule has 1 atom stereocenters. The number of carbonyl (C=O) groups excluding carboxylic acids is 4. The minimum Gasteiger partial charge on any atom is -0.370 e. The third kappa shape index (κ3) is 8.55. The quantitative estimate of drug-likeness (QED) is 0.126. The number of nitrogens with one attached hydrogen (secondary N) is 2. The van der Waals surface area contributed by atoms with Gasteiger partial charge in [0.05, 0.1) is 29.0 Å². The van der Waals surface area contributed by atoms with Gasteiger partial charge in [-0.3, -0.25) is 34.2 Å². The number of imide groups is 1. The van der Waals surface area contributed by atoms with Gasteiger partial charge in [-0.2, -0.15) is 5.10 Å². The molecule has 1 unspecified atom stereocenters. The summed E-state index contributed by atoms with van der Waals surface area (Å²) in [7, 11) is 3.30. The molecule has 2 saturated heterocycles. The van der Waals surface area contributed by atoms with Gasteiger partial charge in [-0.1, -0.05) is 37.3 Å². The van der Waals surface area contributed by atoms with Crippen molar-refractivity contribution in [2.75, 3.05) is 45.2 Å². The molecule has 0 spiro atoms. The van der Waals surface area contributed by atoms with Crippen LogP contribution in [0.3, 0.4) is 0 Å². The largest absolute Gasteiger partial charge is 0.370 e. The molecule has 8 rings (SSSR count). The number of hydrogen-bond acceptors (Lipinski definition) is 7. The Morgan fingerprint density at radius 1 is 1.02 bits per heavy atom. The molecule has 2 N–H and O–H groups in total. The van der Waals surface area contributed by atoms with Crippen molar-refractivity contribution in [2.45, 2.75) is 63.8 Å². The maximum atomic E-state index is 16.1. The van der Waals surface area contributed by atoms with Crippen LogP contribution < -0.4 is 10.2 Å². The first kappa shape index (κ1) is 40.0. The number of piperidine rings is 2. The van der Waals surface area contributed by atoms with Crippen molar-refractivity contribution in [3.8, 4) is 11.1 Å². The van der Waals surface area contributed by atoms with Crippen LogP contribution in [0.4, 0.5) is 14.5 Å². The van der Waals surface area contributed by atoms with E-state index in [1.54, 1.807) is 37.5 Å². The number of rotatable bonds is 9. The zero-order chi connectivity index (χ0) is 40.9. The summed E-state index contributed by atoms with van der Waals surface area (Å²) in [5.74, 6) is -2.62. The van der Waals surface area contributed by atoms with Gasteiger partial charge in [0.2, 0.25) is 18.2 Å². The van der Waals surface area contributed by atoms with E-state index in [0.717, 1.165) is 48.9 Å². The SMILES string of the molecule is CCCn1cccn1.CN(C)C(=O)c1cc2c(-c3ccc(C4CCN(c5cnc(C6CCC(=O)NC6=O)c(F)c5)CC4)cc3)cc(C3=CCCN(C=O)C3)c(F)c2[nH]1. The molecule has 4 amide bonds. The number of nitrogens with zero attached hydrogens (tertiary/aromatic N) is 6. The van der Waals surface area contributed by atoms with Crippen LogP contribution in [-0.2, 0) is 20.9 Å². The molecule has 58 heavy (non-hydrogen) atoms. The van der Waals surface area contributed by atoms with Crippen molar-refractivity contribution in [3.05, 3.63) is 107 Å². The predicted molar refractivity (Wildman–Crippen MR) is 218 cm³/mol. The fourth-order valence-corrected chi connectivity index (χ4v) is 8.03. The number of fused-ring (bicyclic) bond motifs is 1. The molecule has 2 fully saturated rings. The van der Waals surface area contributed by atoms with Crippen LogP contribution in [0, 0.1) is 11.6 Å². The van der Waals surface area contributed by atoms with Gasteiger partial charge in [0.1, 0.15) is 11.5 Å². The van der Waals surface area contributed by atoms with E-state index < -0.39 is 23.5 Å². The van der Waals surface area contributed by atoms with Gasteiger partial charge < -0.3 is 19.7 Å². The molecule has 3 aliphatic rings. The number of amides is 4. The van der Waals surface area contributed by atoms with E-state index >= 15 is 8.78 Å². The number of aromatic nitrogens is 4. The number of halogens is 2. The lowest BCUT2D eigenvalue weighted by molar-refractivity contribution is -0.134. The van der Waals surface area contributed by atoms with E-state index in [0.29, 0.717) is 54.9 Å². The van der Waals surface area contributed by atoms with E-state index in [-0.39, 0.29) is 41.8 Å². The molecule has 0 saturated carbocycles. The minimum absolute atomic E-state index is 0.0674. The molecular weight excluding hydrogens is 743 g/mol. The average molecular weight is 791 g/mol. The van der Waals surface area contributed by atoms with E-state index in [2.05, 4.69) is 44.3 Å². The van der Waals surface area contributed by atoms with Gasteiger partial charge in [-0.25, -0.2) is 8.78 Å². The topological polar surface area (TPSA) is 137 Å². The zero-order valence-corrected chi connectivity index (χ0v) is 33.0. The van der Waals surface area contributed by atoms with Crippen molar-refractivity contribution >= 4 is 46.3 Å². The monoisotopic (exact) mass is 790 g/mol. The number of anilines is 1. The molecule has 3 aromatic heterocycles. The Labute approximate surface area is 335 Å². The molecular formula is C44H48F2N8O4. The number of hydrogen-bond donors (Lipinski definition) is 2. The number of aryl methyl sites for hydroxylation is 1. The summed E-state index contributed by atoms with van der Waals surface area (Å²) in [6.45, 7) is 5.46. The van der Waals surface area contributed by atoms with Crippen molar-refractivity contribution in [2.24, 2.45) is 0 Å². The summed E-state index contributed by atoms with van der Waals surface area (Å²) < 4.78 is 33.2. The summed E-state index contributed by atoms with van der Waals surface area (Å²) in [5, 5.41) is 6.89. The van der Waals surface area contributed by atoms with Crippen LogP contribution >= 0.6 is 0 Å². The van der Waals surface area contributed by atoms with Crippen LogP contribution in [0.15, 0.2) is 73.2 Å². The molecule has 14 heteroatoms. The summed E-state index contributed by atoms with van der Waals surface area (Å²) in [6.07, 6.45) is 12.0. The summed E-state index contributed by atoms with van der Waals surface area (Å²) in [5.41, 5.74) is 5.22. The fraction of sp³-hybridized carbons (Fsp3) is 0.364. The highest BCUT2D eigenvalue weighted by atomic mass is 19.1. The fourth-order valence-electron chi connectivity index (χ4n) is 8.03. The number of aromatic amines is 1. The summed E-state index contributed by atoms with van der Waals surface area (Å²) >= 11 is 0. The first-order valence-corrected chi connectivity index (χ1v) is 19.8. The molecule has 0 bridgehead atoms. The lowest BCUT2D eigenvalue weighted by atomic mass is 9.87. The standard InChI is InChI=1S/C38H38F2N6O4.C6H10N2/c1-44(2)38(50)32-18-30-28(17-29(34(40)36(30)42-32)25-4-3-13-45(20-25)21-47)24-7-5-22(6-8-24)23-11-14-46(15-12-23)26-16-31(39)35(41-19-26)27-9-10-33(48)43-37(27)49;1-2-5-8-6-3-4-7-8/h4-8,16-19,21,23,27,42H,3,9-15,20H2,1-2H3,(H,43,48,49);3-4,6H,2,5H2,1H3. The number of pyridine rings is 1. The summed E-state index contributed by atoms with van der Waals surface area (Å²) in [4.78, 5) is 60.6. The Morgan fingerprint density at radius 2 is 1.79 bits per heavy atom. The van der Waals surface area contributed by atoms with E-state index in [4.69, 9.17) is 0 Å². The normalized spacial score (nSPS) is 17.4. The molecule has 0 aliphatic carbocycles. The second kappa shape index (κ2) is 17.5. The van der Waals surface area contributed by atoms with Crippen LogP contribution in [0.5, 0.6) is 0 Å². The highest BCUT2D eigenvalue weighted by Crippen LogP contribution is 2.38. The van der Waals surface area contributed by atoms with Crippen molar-refractivity contribution in [3.63, 3.8) is 0 Å². The maximum absolute atomic E-state index is 16.1. The Balaban J connectivity index is 0.000000573. The summed E-state index contributed by atoms with van der Waals surface area (Å²) in [6, 6.07) is 15.1.